The third kappa shape index (κ3) is 2.57. The molecule has 0 unspecified atom stereocenters. The fourth-order valence-electron chi connectivity index (χ4n) is 1.34. The highest BCUT2D eigenvalue weighted by Crippen LogP contribution is 2.29. The number of rotatable bonds is 3. The number of aromatic amines is 1. The fraction of sp³-hybridized carbons (Fsp3) is 0.0909. The molecule has 0 bridgehead atoms. The second-order valence-electron chi connectivity index (χ2n) is 3.37. The van der Waals surface area contributed by atoms with Gasteiger partial charge in [-0.1, -0.05) is 23.2 Å². The lowest BCUT2D eigenvalue weighted by atomic mass is 10.3. The average Bonchev–Trinajstić information content (AvgIpc) is 2.37. The van der Waals surface area contributed by atoms with Crippen molar-refractivity contribution in [3.63, 3.8) is 0 Å². The van der Waals surface area contributed by atoms with Gasteiger partial charge in [-0.25, -0.2) is 4.98 Å². The first kappa shape index (κ1) is 12.7. The number of benzene rings is 1. The van der Waals surface area contributed by atoms with E-state index in [9.17, 15) is 4.79 Å². The molecule has 0 saturated carbocycles. The zero-order valence-electron chi connectivity index (χ0n) is 9.33. The van der Waals surface area contributed by atoms with Crippen LogP contribution in [0.1, 0.15) is 0 Å². The summed E-state index contributed by atoms with van der Waals surface area (Å²) in [5, 5.41) is 3.40. The topological polar surface area (TPSA) is 67.0 Å². The van der Waals surface area contributed by atoms with E-state index in [-0.39, 0.29) is 10.8 Å². The third-order valence-corrected chi connectivity index (χ3v) is 2.87. The molecule has 1 heterocycles. The standard InChI is InChI=1S/C11H9Cl2N3O2/c1-18-8-4-6(2-3-7(8)12)16-10-9(13)11(17)15-5-14-10/h2-5H,1H3,(H2,14,15,16,17). The van der Waals surface area contributed by atoms with Gasteiger partial charge in [0, 0.05) is 11.8 Å². The van der Waals surface area contributed by atoms with Crippen molar-refractivity contribution in [1.29, 1.82) is 0 Å². The molecule has 2 aromatic rings. The lowest BCUT2D eigenvalue weighted by Gasteiger charge is -2.09. The number of anilines is 2. The monoisotopic (exact) mass is 285 g/mol. The van der Waals surface area contributed by atoms with Gasteiger partial charge in [-0.3, -0.25) is 4.79 Å². The van der Waals surface area contributed by atoms with Crippen molar-refractivity contribution in [1.82, 2.24) is 9.97 Å². The molecular weight excluding hydrogens is 277 g/mol. The van der Waals surface area contributed by atoms with Crippen LogP contribution in [-0.2, 0) is 0 Å². The normalized spacial score (nSPS) is 10.2. The van der Waals surface area contributed by atoms with Crippen LogP contribution in [0.15, 0.2) is 29.3 Å². The highest BCUT2D eigenvalue weighted by Gasteiger charge is 2.07. The Bertz CT molecular complexity index is 628. The Kier molecular flexibility index (Phi) is 3.74. The molecule has 0 spiro atoms. The summed E-state index contributed by atoms with van der Waals surface area (Å²) in [6.07, 6.45) is 1.27. The van der Waals surface area contributed by atoms with Gasteiger partial charge < -0.3 is 15.0 Å². The Morgan fingerprint density at radius 3 is 2.89 bits per heavy atom. The second kappa shape index (κ2) is 5.29. The number of halogens is 2. The summed E-state index contributed by atoms with van der Waals surface area (Å²) in [5.41, 5.74) is 0.256. The molecule has 2 N–H and O–H groups in total. The van der Waals surface area contributed by atoms with E-state index in [4.69, 9.17) is 27.9 Å². The van der Waals surface area contributed by atoms with E-state index < -0.39 is 5.56 Å². The summed E-state index contributed by atoms with van der Waals surface area (Å²) in [7, 11) is 1.52. The Balaban J connectivity index is 2.34. The van der Waals surface area contributed by atoms with Crippen molar-refractivity contribution in [2.75, 3.05) is 12.4 Å². The summed E-state index contributed by atoms with van der Waals surface area (Å²) in [6, 6.07) is 5.08. The van der Waals surface area contributed by atoms with E-state index in [1.165, 1.54) is 13.4 Å². The molecule has 0 atom stereocenters. The van der Waals surface area contributed by atoms with E-state index in [0.29, 0.717) is 16.5 Å². The Labute approximate surface area is 113 Å². The second-order valence-corrected chi connectivity index (χ2v) is 4.15. The van der Waals surface area contributed by atoms with Crippen molar-refractivity contribution in [3.8, 4) is 5.75 Å². The number of hydrogen-bond donors (Lipinski definition) is 2. The summed E-state index contributed by atoms with van der Waals surface area (Å²) >= 11 is 11.7. The molecule has 0 aliphatic carbocycles. The predicted octanol–water partition coefficient (Wildman–Crippen LogP) is 2.83. The highest BCUT2D eigenvalue weighted by molar-refractivity contribution is 6.33. The molecular formula is C11H9Cl2N3O2. The van der Waals surface area contributed by atoms with Crippen LogP contribution < -0.4 is 15.6 Å². The summed E-state index contributed by atoms with van der Waals surface area (Å²) in [5.74, 6) is 0.785. The Morgan fingerprint density at radius 2 is 2.17 bits per heavy atom. The molecule has 0 amide bonds. The quantitative estimate of drug-likeness (QED) is 0.910. The number of nitrogens with one attached hydrogen (secondary N) is 2. The number of nitrogens with zero attached hydrogens (tertiary/aromatic N) is 1. The Hall–Kier alpha value is -1.72. The molecule has 0 aliphatic heterocycles. The van der Waals surface area contributed by atoms with Gasteiger partial charge >= 0.3 is 0 Å². The lowest BCUT2D eigenvalue weighted by molar-refractivity contribution is 0.415. The van der Waals surface area contributed by atoms with Crippen molar-refractivity contribution >= 4 is 34.7 Å². The fourth-order valence-corrected chi connectivity index (χ4v) is 1.69. The van der Waals surface area contributed by atoms with Gasteiger partial charge in [-0.05, 0) is 12.1 Å². The molecule has 18 heavy (non-hydrogen) atoms. The van der Waals surface area contributed by atoms with Gasteiger partial charge in [0.1, 0.15) is 10.8 Å². The first-order chi connectivity index (χ1) is 8.61. The Morgan fingerprint density at radius 1 is 1.39 bits per heavy atom. The van der Waals surface area contributed by atoms with E-state index in [2.05, 4.69) is 15.3 Å². The van der Waals surface area contributed by atoms with Crippen LogP contribution in [-0.4, -0.2) is 17.1 Å². The minimum Gasteiger partial charge on any atom is -0.495 e. The van der Waals surface area contributed by atoms with Crippen LogP contribution >= 0.6 is 23.2 Å². The van der Waals surface area contributed by atoms with Gasteiger partial charge in [0.05, 0.1) is 18.5 Å². The zero-order valence-corrected chi connectivity index (χ0v) is 10.8. The first-order valence-electron chi connectivity index (χ1n) is 4.95. The average molecular weight is 286 g/mol. The molecule has 0 radical (unpaired) electrons. The van der Waals surface area contributed by atoms with Crippen LogP contribution in [0.5, 0.6) is 5.75 Å². The van der Waals surface area contributed by atoms with Crippen molar-refractivity contribution in [2.24, 2.45) is 0 Å². The minimum absolute atomic E-state index is 0.00795. The van der Waals surface area contributed by atoms with E-state index in [0.717, 1.165) is 0 Å². The SMILES string of the molecule is COc1cc(Nc2nc[nH]c(=O)c2Cl)ccc1Cl. The summed E-state index contributed by atoms with van der Waals surface area (Å²) in [6.45, 7) is 0. The molecule has 1 aromatic heterocycles. The van der Waals surface area contributed by atoms with Gasteiger partial charge in [0.25, 0.3) is 5.56 Å². The minimum atomic E-state index is -0.407. The largest absolute Gasteiger partial charge is 0.495 e. The zero-order chi connectivity index (χ0) is 13.1. The van der Waals surface area contributed by atoms with Crippen LogP contribution in [0.3, 0.4) is 0 Å². The third-order valence-electron chi connectivity index (χ3n) is 2.21. The van der Waals surface area contributed by atoms with E-state index in [1.54, 1.807) is 18.2 Å². The van der Waals surface area contributed by atoms with Gasteiger partial charge in [-0.15, -0.1) is 0 Å². The molecule has 94 valence electrons. The smallest absolute Gasteiger partial charge is 0.271 e. The molecule has 5 nitrogen and oxygen atoms in total. The molecule has 0 aliphatic rings. The van der Waals surface area contributed by atoms with Crippen molar-refractivity contribution < 1.29 is 4.74 Å². The molecule has 7 heteroatoms. The molecule has 1 aromatic carbocycles. The van der Waals surface area contributed by atoms with Gasteiger partial charge in [0.15, 0.2) is 5.82 Å². The molecule has 0 saturated heterocycles. The van der Waals surface area contributed by atoms with Crippen LogP contribution in [0, 0.1) is 0 Å². The summed E-state index contributed by atoms with van der Waals surface area (Å²) in [4.78, 5) is 17.6. The first-order valence-corrected chi connectivity index (χ1v) is 5.71. The summed E-state index contributed by atoms with van der Waals surface area (Å²) < 4.78 is 5.08. The van der Waals surface area contributed by atoms with Crippen LogP contribution in [0.2, 0.25) is 10.0 Å². The maximum atomic E-state index is 11.3. The maximum Gasteiger partial charge on any atom is 0.271 e. The van der Waals surface area contributed by atoms with Crippen LogP contribution in [0.4, 0.5) is 11.5 Å². The number of ether oxygens (including phenoxy) is 1. The number of methoxy groups -OCH3 is 1. The van der Waals surface area contributed by atoms with E-state index >= 15 is 0 Å². The predicted molar refractivity (Wildman–Crippen MR) is 71.2 cm³/mol. The van der Waals surface area contributed by atoms with Gasteiger partial charge in [0.2, 0.25) is 0 Å². The molecule has 2 rings (SSSR count). The van der Waals surface area contributed by atoms with Crippen LogP contribution in [0.25, 0.3) is 0 Å². The maximum absolute atomic E-state index is 11.3. The number of hydrogen-bond acceptors (Lipinski definition) is 4. The van der Waals surface area contributed by atoms with Gasteiger partial charge in [-0.2, -0.15) is 0 Å². The lowest BCUT2D eigenvalue weighted by Crippen LogP contribution is -2.09. The van der Waals surface area contributed by atoms with Crippen molar-refractivity contribution in [3.05, 3.63) is 44.9 Å². The number of H-pyrrole nitrogens is 1. The van der Waals surface area contributed by atoms with Crippen molar-refractivity contribution in [2.45, 2.75) is 0 Å². The van der Waals surface area contributed by atoms with E-state index in [1.807, 2.05) is 0 Å². The number of aromatic nitrogens is 2. The highest BCUT2D eigenvalue weighted by atomic mass is 35.5. The molecule has 0 fully saturated rings.